The highest BCUT2D eigenvalue weighted by molar-refractivity contribution is 5.46. The molecule has 16 heavy (non-hydrogen) atoms. The summed E-state index contributed by atoms with van der Waals surface area (Å²) in [5.74, 6) is -2.04. The molecule has 0 saturated carbocycles. The topological polar surface area (TPSA) is 38.3 Å². The minimum Gasteiger partial charge on any atom is -0.403 e. The van der Waals surface area contributed by atoms with Gasteiger partial charge in [0, 0.05) is 6.54 Å². The molecule has 1 N–H and O–H groups in total. The van der Waals surface area contributed by atoms with Gasteiger partial charge in [0.25, 0.3) is 0 Å². The number of rotatable bonds is 4. The lowest BCUT2D eigenvalue weighted by molar-refractivity contribution is -0.275. The number of carbonyl (C=O) groups excluding carboxylic acids is 1. The molecule has 1 aromatic rings. The molecule has 0 aliphatic heterocycles. The second kappa shape index (κ2) is 4.82. The summed E-state index contributed by atoms with van der Waals surface area (Å²) in [6.07, 6.45) is -4.53. The Hall–Kier alpha value is -1.79. The minimum atomic E-state index is -4.93. The zero-order valence-electron chi connectivity index (χ0n) is 7.84. The third kappa shape index (κ3) is 3.76. The average molecular weight is 237 g/mol. The lowest BCUT2D eigenvalue weighted by Gasteiger charge is -2.10. The van der Waals surface area contributed by atoms with Crippen molar-refractivity contribution in [1.29, 1.82) is 0 Å². The van der Waals surface area contributed by atoms with Gasteiger partial charge in [0.15, 0.2) is 11.6 Å². The third-order valence-electron chi connectivity index (χ3n) is 1.61. The fourth-order valence-corrected chi connectivity index (χ4v) is 1.02. The first kappa shape index (κ1) is 12.3. The molecular formula is C9H7F4NO2. The lowest BCUT2D eigenvalue weighted by Crippen LogP contribution is -2.18. The van der Waals surface area contributed by atoms with Crippen LogP contribution in [-0.2, 0) is 11.3 Å². The van der Waals surface area contributed by atoms with E-state index in [0.717, 1.165) is 12.1 Å². The van der Waals surface area contributed by atoms with E-state index in [2.05, 4.69) is 10.1 Å². The summed E-state index contributed by atoms with van der Waals surface area (Å²) in [6.45, 7) is 0.0344. The number of carbonyl (C=O) groups is 1. The van der Waals surface area contributed by atoms with Crippen LogP contribution in [0.4, 0.5) is 17.6 Å². The van der Waals surface area contributed by atoms with Crippen LogP contribution >= 0.6 is 0 Å². The van der Waals surface area contributed by atoms with Crippen molar-refractivity contribution in [2.45, 2.75) is 12.9 Å². The normalized spacial score (nSPS) is 11.0. The number of hydrogen-bond acceptors (Lipinski definition) is 2. The molecule has 7 heteroatoms. The van der Waals surface area contributed by atoms with Gasteiger partial charge >= 0.3 is 6.36 Å². The smallest absolute Gasteiger partial charge is 0.403 e. The zero-order valence-corrected chi connectivity index (χ0v) is 7.84. The van der Waals surface area contributed by atoms with Gasteiger partial charge in [0.2, 0.25) is 6.41 Å². The fourth-order valence-electron chi connectivity index (χ4n) is 1.02. The second-order valence-corrected chi connectivity index (χ2v) is 2.81. The molecule has 0 atom stereocenters. The molecule has 88 valence electrons. The molecule has 0 saturated heterocycles. The van der Waals surface area contributed by atoms with E-state index in [-0.39, 0.29) is 6.54 Å². The molecule has 0 heterocycles. The van der Waals surface area contributed by atoms with E-state index >= 15 is 0 Å². The molecule has 0 spiro atoms. The number of halogens is 4. The Bertz CT molecular complexity index is 378. The van der Waals surface area contributed by atoms with Crippen LogP contribution in [0.3, 0.4) is 0 Å². The molecule has 0 radical (unpaired) electrons. The Balaban J connectivity index is 2.79. The SMILES string of the molecule is O=CNCc1ccc(OC(F)(F)F)c(F)c1. The summed E-state index contributed by atoms with van der Waals surface area (Å²) in [5.41, 5.74) is 0.333. The molecule has 0 aromatic heterocycles. The van der Waals surface area contributed by atoms with Crippen molar-refractivity contribution in [3.63, 3.8) is 0 Å². The van der Waals surface area contributed by atoms with Gasteiger partial charge in [-0.1, -0.05) is 6.07 Å². The molecule has 0 bridgehead atoms. The Labute approximate surface area is 88.0 Å². The highest BCUT2D eigenvalue weighted by atomic mass is 19.4. The van der Waals surface area contributed by atoms with Crippen LogP contribution in [0.15, 0.2) is 18.2 Å². The van der Waals surface area contributed by atoms with Crippen molar-refractivity contribution in [2.24, 2.45) is 0 Å². The van der Waals surface area contributed by atoms with Crippen molar-refractivity contribution in [1.82, 2.24) is 5.32 Å². The van der Waals surface area contributed by atoms with Crippen molar-refractivity contribution >= 4 is 6.41 Å². The van der Waals surface area contributed by atoms with Crippen LogP contribution in [0.1, 0.15) is 5.56 Å². The molecule has 0 unspecified atom stereocenters. The maximum absolute atomic E-state index is 13.1. The van der Waals surface area contributed by atoms with Crippen molar-refractivity contribution in [3.8, 4) is 5.75 Å². The Morgan fingerprint density at radius 2 is 2.06 bits per heavy atom. The van der Waals surface area contributed by atoms with Crippen molar-refractivity contribution in [2.75, 3.05) is 0 Å². The highest BCUT2D eigenvalue weighted by Gasteiger charge is 2.32. The Kier molecular flexibility index (Phi) is 3.70. The summed E-state index contributed by atoms with van der Waals surface area (Å²) in [6, 6.07) is 2.93. The predicted octanol–water partition coefficient (Wildman–Crippen LogP) is 1.97. The van der Waals surface area contributed by atoms with E-state index in [1.807, 2.05) is 0 Å². The van der Waals surface area contributed by atoms with Crippen LogP contribution in [0.2, 0.25) is 0 Å². The number of alkyl halides is 3. The molecule has 3 nitrogen and oxygen atoms in total. The van der Waals surface area contributed by atoms with E-state index in [4.69, 9.17) is 0 Å². The summed E-state index contributed by atoms with van der Waals surface area (Å²) in [7, 11) is 0. The maximum atomic E-state index is 13.1. The van der Waals surface area contributed by atoms with E-state index in [1.54, 1.807) is 0 Å². The largest absolute Gasteiger partial charge is 0.573 e. The van der Waals surface area contributed by atoms with Crippen LogP contribution in [0.5, 0.6) is 5.75 Å². The third-order valence-corrected chi connectivity index (χ3v) is 1.61. The molecule has 1 rings (SSSR count). The standard InChI is InChI=1S/C9H7F4NO2/c10-7-3-6(4-14-5-15)1-2-8(7)16-9(11,12)13/h1-3,5H,4H2,(H,14,15). The fraction of sp³-hybridized carbons (Fsp3) is 0.222. The minimum absolute atomic E-state index is 0.0344. The van der Waals surface area contributed by atoms with Crippen LogP contribution < -0.4 is 10.1 Å². The van der Waals surface area contributed by atoms with Gasteiger partial charge in [-0.25, -0.2) is 4.39 Å². The zero-order chi connectivity index (χ0) is 12.2. The van der Waals surface area contributed by atoms with Gasteiger partial charge in [-0.15, -0.1) is 13.2 Å². The van der Waals surface area contributed by atoms with Gasteiger partial charge in [-0.05, 0) is 17.7 Å². The first-order chi connectivity index (χ1) is 7.42. The quantitative estimate of drug-likeness (QED) is 0.642. The Morgan fingerprint density at radius 1 is 1.38 bits per heavy atom. The highest BCUT2D eigenvalue weighted by Crippen LogP contribution is 2.25. The van der Waals surface area contributed by atoms with Crippen LogP contribution in [-0.4, -0.2) is 12.8 Å². The molecular weight excluding hydrogens is 230 g/mol. The van der Waals surface area contributed by atoms with Gasteiger partial charge in [0.05, 0.1) is 0 Å². The van der Waals surface area contributed by atoms with Crippen molar-refractivity contribution < 1.29 is 27.1 Å². The predicted molar refractivity (Wildman–Crippen MR) is 46.0 cm³/mol. The van der Waals surface area contributed by atoms with Gasteiger partial charge in [-0.2, -0.15) is 0 Å². The van der Waals surface area contributed by atoms with Gasteiger partial charge in [0.1, 0.15) is 0 Å². The monoisotopic (exact) mass is 237 g/mol. The molecule has 0 aliphatic rings. The van der Waals surface area contributed by atoms with Gasteiger partial charge in [-0.3, -0.25) is 4.79 Å². The number of hydrogen-bond donors (Lipinski definition) is 1. The Morgan fingerprint density at radius 3 is 2.56 bits per heavy atom. The van der Waals surface area contributed by atoms with E-state index in [9.17, 15) is 22.4 Å². The van der Waals surface area contributed by atoms with Crippen LogP contribution in [0.25, 0.3) is 0 Å². The number of ether oxygens (including phenoxy) is 1. The molecule has 0 fully saturated rings. The number of benzene rings is 1. The van der Waals surface area contributed by atoms with Gasteiger partial charge < -0.3 is 10.1 Å². The van der Waals surface area contributed by atoms with Crippen LogP contribution in [0, 0.1) is 5.82 Å². The first-order valence-corrected chi connectivity index (χ1v) is 4.13. The molecule has 1 aromatic carbocycles. The summed E-state index contributed by atoms with van der Waals surface area (Å²) < 4.78 is 51.8. The number of nitrogens with one attached hydrogen (secondary N) is 1. The van der Waals surface area contributed by atoms with E-state index in [0.29, 0.717) is 12.0 Å². The lowest BCUT2D eigenvalue weighted by atomic mass is 10.2. The summed E-state index contributed by atoms with van der Waals surface area (Å²) in [4.78, 5) is 9.94. The first-order valence-electron chi connectivity index (χ1n) is 4.13. The summed E-state index contributed by atoms with van der Waals surface area (Å²) in [5, 5.41) is 2.25. The molecule has 0 aliphatic carbocycles. The number of amides is 1. The summed E-state index contributed by atoms with van der Waals surface area (Å²) >= 11 is 0. The molecule has 1 amide bonds. The van der Waals surface area contributed by atoms with Crippen molar-refractivity contribution in [3.05, 3.63) is 29.6 Å². The van der Waals surface area contributed by atoms with E-state index in [1.165, 1.54) is 6.07 Å². The average Bonchev–Trinajstić information content (AvgIpc) is 2.17. The second-order valence-electron chi connectivity index (χ2n) is 2.81. The maximum Gasteiger partial charge on any atom is 0.573 e. The van der Waals surface area contributed by atoms with E-state index < -0.39 is 17.9 Å².